The summed E-state index contributed by atoms with van der Waals surface area (Å²) in [4.78, 5) is 0.380. The molecule has 0 aromatic heterocycles. The van der Waals surface area contributed by atoms with Gasteiger partial charge in [-0.1, -0.05) is 28.1 Å². The summed E-state index contributed by atoms with van der Waals surface area (Å²) >= 11 is 11.7. The molecule has 0 unspecified atom stereocenters. The van der Waals surface area contributed by atoms with Crippen molar-refractivity contribution in [2.24, 2.45) is 5.73 Å². The minimum absolute atomic E-state index is 0.380. The molecular weight excluding hydrogens is 418 g/mol. The minimum Gasteiger partial charge on any atom is -0.490 e. The van der Waals surface area contributed by atoms with Crippen LogP contribution in [0.15, 0.2) is 51.4 Å². The average Bonchev–Trinajstić information content (AvgIpc) is 2.46. The zero-order chi connectivity index (χ0) is 15.2. The van der Waals surface area contributed by atoms with Gasteiger partial charge in [-0.25, -0.2) is 0 Å². The Morgan fingerprint density at radius 2 is 1.67 bits per heavy atom. The molecule has 2 rings (SSSR count). The van der Waals surface area contributed by atoms with E-state index in [1.54, 1.807) is 0 Å². The summed E-state index contributed by atoms with van der Waals surface area (Å²) in [6.45, 7) is 0.909. The van der Waals surface area contributed by atoms with Crippen LogP contribution in [0.1, 0.15) is 5.56 Å². The highest BCUT2D eigenvalue weighted by molar-refractivity contribution is 9.11. The molecule has 110 valence electrons. The Balaban J connectivity index is 1.80. The zero-order valence-electron chi connectivity index (χ0n) is 11.0. The molecule has 0 saturated carbocycles. The van der Waals surface area contributed by atoms with Gasteiger partial charge in [0, 0.05) is 10.0 Å². The lowest BCUT2D eigenvalue weighted by molar-refractivity contribution is 0.216. The van der Waals surface area contributed by atoms with Crippen molar-refractivity contribution < 1.29 is 9.47 Å². The molecule has 0 aliphatic rings. The molecule has 2 aromatic rings. The van der Waals surface area contributed by atoms with Crippen molar-refractivity contribution in [3.8, 4) is 11.5 Å². The molecule has 0 spiro atoms. The van der Waals surface area contributed by atoms with Crippen LogP contribution in [0.4, 0.5) is 0 Å². The molecule has 0 bridgehead atoms. The zero-order valence-corrected chi connectivity index (χ0v) is 15.0. The predicted molar refractivity (Wildman–Crippen MR) is 95.2 cm³/mol. The van der Waals surface area contributed by atoms with Crippen molar-refractivity contribution in [3.63, 3.8) is 0 Å². The van der Waals surface area contributed by atoms with Crippen LogP contribution < -0.4 is 15.2 Å². The number of rotatable bonds is 6. The van der Waals surface area contributed by atoms with Gasteiger partial charge in [-0.3, -0.25) is 0 Å². The van der Waals surface area contributed by atoms with Crippen LogP contribution in [-0.4, -0.2) is 18.2 Å². The molecule has 0 atom stereocenters. The maximum Gasteiger partial charge on any atom is 0.133 e. The standard InChI is InChI=1S/C15H13Br2NO2S/c16-11-3-6-14(13(17)9-11)20-8-7-19-12-4-1-10(2-5-12)15(18)21/h1-6,9H,7-8H2,(H2,18,21). The molecular formula is C15H13Br2NO2S. The van der Waals surface area contributed by atoms with Crippen LogP contribution in [0.2, 0.25) is 0 Å². The summed E-state index contributed by atoms with van der Waals surface area (Å²) in [5.74, 6) is 1.54. The fourth-order valence-corrected chi connectivity index (χ4v) is 2.92. The molecule has 0 aliphatic carbocycles. The van der Waals surface area contributed by atoms with Gasteiger partial charge in [0.05, 0.1) is 4.47 Å². The van der Waals surface area contributed by atoms with Gasteiger partial charge in [0.25, 0.3) is 0 Å². The summed E-state index contributed by atoms with van der Waals surface area (Å²) in [7, 11) is 0. The smallest absolute Gasteiger partial charge is 0.133 e. The normalized spacial score (nSPS) is 10.2. The molecule has 6 heteroatoms. The summed E-state index contributed by atoms with van der Waals surface area (Å²) < 4.78 is 13.1. The fraction of sp³-hybridized carbons (Fsp3) is 0.133. The Morgan fingerprint density at radius 1 is 1.00 bits per heavy atom. The van der Waals surface area contributed by atoms with Crippen molar-refractivity contribution in [3.05, 3.63) is 57.0 Å². The number of hydrogen-bond acceptors (Lipinski definition) is 3. The van der Waals surface area contributed by atoms with Crippen LogP contribution in [0.3, 0.4) is 0 Å². The maximum atomic E-state index is 5.64. The first-order valence-electron chi connectivity index (χ1n) is 6.17. The summed E-state index contributed by atoms with van der Waals surface area (Å²) in [5.41, 5.74) is 6.36. The van der Waals surface area contributed by atoms with Crippen LogP contribution in [0.5, 0.6) is 11.5 Å². The Hall–Kier alpha value is -1.11. The molecule has 2 aromatic carbocycles. The molecule has 2 N–H and O–H groups in total. The second kappa shape index (κ2) is 7.77. The third-order valence-corrected chi connectivity index (χ3v) is 3.99. The van der Waals surface area contributed by atoms with E-state index in [1.807, 2.05) is 42.5 Å². The molecule has 0 fully saturated rings. The van der Waals surface area contributed by atoms with E-state index >= 15 is 0 Å². The molecule has 3 nitrogen and oxygen atoms in total. The maximum absolute atomic E-state index is 5.64. The van der Waals surface area contributed by atoms with Gasteiger partial charge in [-0.05, 0) is 58.4 Å². The van der Waals surface area contributed by atoms with Crippen molar-refractivity contribution in [1.29, 1.82) is 0 Å². The van der Waals surface area contributed by atoms with Crippen molar-refractivity contribution >= 4 is 49.1 Å². The molecule has 0 radical (unpaired) electrons. The predicted octanol–water partition coefficient (Wildman–Crippen LogP) is 4.30. The molecule has 0 saturated heterocycles. The minimum atomic E-state index is 0.380. The molecule has 21 heavy (non-hydrogen) atoms. The van der Waals surface area contributed by atoms with Gasteiger partial charge in [0.1, 0.15) is 29.7 Å². The fourth-order valence-electron chi connectivity index (χ4n) is 1.62. The van der Waals surface area contributed by atoms with Crippen molar-refractivity contribution in [2.45, 2.75) is 0 Å². The first-order valence-corrected chi connectivity index (χ1v) is 8.16. The lowest BCUT2D eigenvalue weighted by Crippen LogP contribution is -2.10. The van der Waals surface area contributed by atoms with Gasteiger partial charge in [0.15, 0.2) is 0 Å². The largest absolute Gasteiger partial charge is 0.490 e. The lowest BCUT2D eigenvalue weighted by Gasteiger charge is -2.10. The second-order valence-corrected chi connectivity index (χ2v) is 6.37. The van der Waals surface area contributed by atoms with E-state index in [4.69, 9.17) is 27.4 Å². The van der Waals surface area contributed by atoms with Gasteiger partial charge >= 0.3 is 0 Å². The average molecular weight is 431 g/mol. The van der Waals surface area contributed by atoms with E-state index in [1.165, 1.54) is 0 Å². The van der Waals surface area contributed by atoms with E-state index in [0.717, 1.165) is 26.0 Å². The van der Waals surface area contributed by atoms with Gasteiger partial charge in [-0.15, -0.1) is 0 Å². The SMILES string of the molecule is NC(=S)c1ccc(OCCOc2ccc(Br)cc2Br)cc1. The lowest BCUT2D eigenvalue weighted by atomic mass is 10.2. The van der Waals surface area contributed by atoms with E-state index in [2.05, 4.69) is 31.9 Å². The molecule has 0 amide bonds. The number of benzene rings is 2. The molecule has 0 aliphatic heterocycles. The highest BCUT2D eigenvalue weighted by Crippen LogP contribution is 2.28. The van der Waals surface area contributed by atoms with E-state index in [9.17, 15) is 0 Å². The Morgan fingerprint density at radius 3 is 2.29 bits per heavy atom. The molecule has 0 heterocycles. The van der Waals surface area contributed by atoms with Gasteiger partial charge in [0.2, 0.25) is 0 Å². The monoisotopic (exact) mass is 429 g/mol. The van der Waals surface area contributed by atoms with Crippen LogP contribution in [-0.2, 0) is 0 Å². The third kappa shape index (κ3) is 4.98. The van der Waals surface area contributed by atoms with Crippen molar-refractivity contribution in [2.75, 3.05) is 13.2 Å². The van der Waals surface area contributed by atoms with E-state index in [0.29, 0.717) is 18.2 Å². The van der Waals surface area contributed by atoms with Gasteiger partial charge in [-0.2, -0.15) is 0 Å². The van der Waals surface area contributed by atoms with Gasteiger partial charge < -0.3 is 15.2 Å². The highest BCUT2D eigenvalue weighted by atomic mass is 79.9. The topological polar surface area (TPSA) is 44.5 Å². The Bertz CT molecular complexity index is 632. The van der Waals surface area contributed by atoms with Crippen LogP contribution in [0.25, 0.3) is 0 Å². The van der Waals surface area contributed by atoms with E-state index < -0.39 is 0 Å². The Kier molecular flexibility index (Phi) is 6.02. The number of hydrogen-bond donors (Lipinski definition) is 1. The first-order chi connectivity index (χ1) is 10.1. The number of thiocarbonyl (C=S) groups is 1. The summed E-state index contributed by atoms with van der Waals surface area (Å²) in [6.07, 6.45) is 0. The number of halogens is 2. The second-order valence-electron chi connectivity index (χ2n) is 4.16. The van der Waals surface area contributed by atoms with Crippen molar-refractivity contribution in [1.82, 2.24) is 0 Å². The third-order valence-electron chi connectivity index (χ3n) is 2.64. The van der Waals surface area contributed by atoms with Crippen LogP contribution >= 0.6 is 44.1 Å². The number of nitrogens with two attached hydrogens (primary N) is 1. The Labute approximate surface area is 145 Å². The number of ether oxygens (including phenoxy) is 2. The first kappa shape index (κ1) is 16.3. The summed E-state index contributed by atoms with van der Waals surface area (Å²) in [6, 6.07) is 13.1. The highest BCUT2D eigenvalue weighted by Gasteiger charge is 2.02. The van der Waals surface area contributed by atoms with Crippen LogP contribution in [0, 0.1) is 0 Å². The van der Waals surface area contributed by atoms with E-state index in [-0.39, 0.29) is 0 Å². The quantitative estimate of drug-likeness (QED) is 0.548. The summed E-state index contributed by atoms with van der Waals surface area (Å²) in [5, 5.41) is 0.